The monoisotopic (exact) mass is 466 g/mol. The third kappa shape index (κ3) is 4.87. The molecule has 0 spiro atoms. The highest BCUT2D eigenvalue weighted by Crippen LogP contribution is 2.40. The summed E-state index contributed by atoms with van der Waals surface area (Å²) in [5, 5.41) is 0. The van der Waals surface area contributed by atoms with Crippen LogP contribution in [-0.4, -0.2) is 14.4 Å². The van der Waals surface area contributed by atoms with Crippen LogP contribution >= 0.6 is 0 Å². The Kier molecular flexibility index (Phi) is 7.65. The molecule has 1 fully saturated rings. The van der Waals surface area contributed by atoms with E-state index in [0.717, 1.165) is 32.1 Å². The Hall–Kier alpha value is -2.76. The van der Waals surface area contributed by atoms with Crippen LogP contribution < -0.4 is 4.74 Å². The molecule has 3 aromatic carbocycles. The minimum Gasteiger partial charge on any atom is -0.500 e. The van der Waals surface area contributed by atoms with Crippen molar-refractivity contribution in [2.24, 2.45) is 5.92 Å². The van der Waals surface area contributed by atoms with Crippen LogP contribution in [0.1, 0.15) is 56.9 Å². The van der Waals surface area contributed by atoms with Gasteiger partial charge in [-0.15, -0.1) is 0 Å². The zero-order valence-corrected chi connectivity index (χ0v) is 19.2. The molecule has 0 aliphatic heterocycles. The molecule has 176 valence electrons. The van der Waals surface area contributed by atoms with Crippen molar-refractivity contribution in [2.45, 2.75) is 51.4 Å². The van der Waals surface area contributed by atoms with Gasteiger partial charge < -0.3 is 4.74 Å². The maximum Gasteiger partial charge on any atom is 0.201 e. The van der Waals surface area contributed by atoms with E-state index in [-0.39, 0.29) is 29.3 Å². The van der Waals surface area contributed by atoms with E-state index in [4.69, 9.17) is 12.6 Å². The van der Waals surface area contributed by atoms with E-state index < -0.39 is 23.3 Å². The Morgan fingerprint density at radius 2 is 1.29 bits per heavy atom. The summed E-state index contributed by atoms with van der Waals surface area (Å²) in [5.74, 6) is -3.38. The van der Waals surface area contributed by atoms with Crippen LogP contribution in [0.15, 0.2) is 48.5 Å². The van der Waals surface area contributed by atoms with E-state index in [1.54, 1.807) is 36.4 Å². The molecule has 34 heavy (non-hydrogen) atoms. The van der Waals surface area contributed by atoms with Crippen LogP contribution in [0, 0.1) is 29.2 Å². The number of halogens is 4. The molecule has 4 rings (SSSR count). The molecule has 0 amide bonds. The van der Waals surface area contributed by atoms with Crippen molar-refractivity contribution in [3.05, 3.63) is 77.4 Å². The van der Waals surface area contributed by atoms with Gasteiger partial charge in [0.1, 0.15) is 7.85 Å². The summed E-state index contributed by atoms with van der Waals surface area (Å²) in [6.45, 7) is 1.90. The zero-order valence-electron chi connectivity index (χ0n) is 19.2. The van der Waals surface area contributed by atoms with Gasteiger partial charge in [0.15, 0.2) is 23.2 Å². The molecule has 0 unspecified atom stereocenters. The lowest BCUT2D eigenvalue weighted by Crippen LogP contribution is -2.14. The molecule has 1 nitrogen and oxygen atoms in total. The van der Waals surface area contributed by atoms with Gasteiger partial charge in [0.05, 0.1) is 0 Å². The molecule has 1 saturated carbocycles. The SMILES string of the molecule is [B]COc1ccc(-c2ccc(-c3ccc(C4CCC(CCC)CC4)c(F)c3F)cc2)c(F)c1F. The summed E-state index contributed by atoms with van der Waals surface area (Å²) in [6.07, 6.45) is 6.22. The highest BCUT2D eigenvalue weighted by molar-refractivity contribution is 6.08. The molecule has 2 radical (unpaired) electrons. The molecule has 0 atom stereocenters. The number of hydrogen-bond donors (Lipinski definition) is 0. The summed E-state index contributed by atoms with van der Waals surface area (Å²) in [7, 11) is 5.22. The van der Waals surface area contributed by atoms with Gasteiger partial charge >= 0.3 is 0 Å². The Morgan fingerprint density at radius 1 is 0.735 bits per heavy atom. The number of benzene rings is 3. The van der Waals surface area contributed by atoms with Gasteiger partial charge in [-0.3, -0.25) is 0 Å². The van der Waals surface area contributed by atoms with Gasteiger partial charge in [0, 0.05) is 17.6 Å². The van der Waals surface area contributed by atoms with E-state index in [2.05, 4.69) is 6.92 Å². The van der Waals surface area contributed by atoms with E-state index in [0.29, 0.717) is 22.6 Å². The maximum atomic E-state index is 15.0. The van der Waals surface area contributed by atoms with Crippen LogP contribution in [-0.2, 0) is 0 Å². The minimum atomic E-state index is -1.13. The molecule has 0 saturated heterocycles. The average molecular weight is 466 g/mol. The molecule has 0 heterocycles. The lowest BCUT2D eigenvalue weighted by atomic mass is 9.77. The molecule has 6 heteroatoms. The van der Waals surface area contributed by atoms with Gasteiger partial charge in [0.2, 0.25) is 5.82 Å². The number of hydrogen-bond acceptors (Lipinski definition) is 1. The summed E-state index contributed by atoms with van der Waals surface area (Å²) in [4.78, 5) is 0. The highest BCUT2D eigenvalue weighted by atomic mass is 19.2. The van der Waals surface area contributed by atoms with E-state index in [1.807, 2.05) is 0 Å². The van der Waals surface area contributed by atoms with Gasteiger partial charge in [-0.2, -0.15) is 4.39 Å². The first-order chi connectivity index (χ1) is 16.4. The molecular formula is C28H27BF4O. The fourth-order valence-corrected chi connectivity index (χ4v) is 5.06. The first-order valence-corrected chi connectivity index (χ1v) is 11.8. The third-order valence-corrected chi connectivity index (χ3v) is 6.89. The molecule has 3 aromatic rings. The number of rotatable bonds is 7. The smallest absolute Gasteiger partial charge is 0.201 e. The van der Waals surface area contributed by atoms with E-state index in [9.17, 15) is 8.78 Å². The second-order valence-corrected chi connectivity index (χ2v) is 8.96. The highest BCUT2D eigenvalue weighted by Gasteiger charge is 2.26. The lowest BCUT2D eigenvalue weighted by molar-refractivity contribution is 0.303. The number of ether oxygens (including phenoxy) is 1. The standard InChI is InChI=1S/C28H27BF4O/c1-2-3-17-4-6-18(7-5-17)21-12-13-22(26(31)25(21)30)19-8-10-20(11-9-19)23-14-15-24(34-16-29)28(33)27(23)32/h8-15,17-18H,2-7,16H2,1H3. The van der Waals surface area contributed by atoms with Crippen LogP contribution in [0.3, 0.4) is 0 Å². The van der Waals surface area contributed by atoms with Gasteiger partial charge in [-0.1, -0.05) is 56.2 Å². The molecule has 0 bridgehead atoms. The molecule has 0 aromatic heterocycles. The van der Waals surface area contributed by atoms with Crippen LogP contribution in [0.2, 0.25) is 0 Å². The van der Waals surface area contributed by atoms with Gasteiger partial charge in [0.25, 0.3) is 0 Å². The molecule has 1 aliphatic rings. The maximum absolute atomic E-state index is 15.0. The van der Waals surface area contributed by atoms with Crippen molar-refractivity contribution in [3.8, 4) is 28.0 Å². The fourth-order valence-electron chi connectivity index (χ4n) is 5.06. The lowest BCUT2D eigenvalue weighted by Gasteiger charge is -2.29. The first-order valence-electron chi connectivity index (χ1n) is 11.8. The van der Waals surface area contributed by atoms with Crippen molar-refractivity contribution in [1.29, 1.82) is 0 Å². The zero-order chi connectivity index (χ0) is 24.2. The second kappa shape index (κ2) is 10.7. The minimum absolute atomic E-state index is 0.0362. The van der Waals surface area contributed by atoms with Crippen molar-refractivity contribution in [1.82, 2.24) is 0 Å². The van der Waals surface area contributed by atoms with E-state index in [1.165, 1.54) is 18.6 Å². The third-order valence-electron chi connectivity index (χ3n) is 6.89. The van der Waals surface area contributed by atoms with Crippen LogP contribution in [0.4, 0.5) is 17.6 Å². The summed E-state index contributed by atoms with van der Waals surface area (Å²) >= 11 is 0. The first kappa shape index (κ1) is 24.4. The predicted molar refractivity (Wildman–Crippen MR) is 128 cm³/mol. The average Bonchev–Trinajstić information content (AvgIpc) is 2.85. The summed E-state index contributed by atoms with van der Waals surface area (Å²) < 4.78 is 63.6. The van der Waals surface area contributed by atoms with Crippen molar-refractivity contribution in [3.63, 3.8) is 0 Å². The van der Waals surface area contributed by atoms with Gasteiger partial charge in [-0.25, -0.2) is 13.2 Å². The molecule has 1 aliphatic carbocycles. The normalized spacial score (nSPS) is 18.1. The second-order valence-electron chi connectivity index (χ2n) is 8.96. The topological polar surface area (TPSA) is 9.23 Å². The largest absolute Gasteiger partial charge is 0.500 e. The Morgan fingerprint density at radius 3 is 1.85 bits per heavy atom. The summed E-state index contributed by atoms with van der Waals surface area (Å²) in [6, 6.07) is 12.3. The van der Waals surface area contributed by atoms with Crippen molar-refractivity contribution >= 4 is 7.85 Å². The summed E-state index contributed by atoms with van der Waals surface area (Å²) in [5.41, 5.74) is 1.49. The fraction of sp³-hybridized carbons (Fsp3) is 0.357. The van der Waals surface area contributed by atoms with Crippen molar-refractivity contribution < 1.29 is 22.3 Å². The Labute approximate surface area is 199 Å². The van der Waals surface area contributed by atoms with Crippen LogP contribution in [0.5, 0.6) is 5.75 Å². The quantitative estimate of drug-likeness (QED) is 0.252. The molecular weight excluding hydrogens is 439 g/mol. The molecule has 0 N–H and O–H groups in total. The Bertz CT molecular complexity index is 1140. The predicted octanol–water partition coefficient (Wildman–Crippen LogP) is 8.16. The van der Waals surface area contributed by atoms with Crippen LogP contribution in [0.25, 0.3) is 22.3 Å². The van der Waals surface area contributed by atoms with Crippen molar-refractivity contribution in [2.75, 3.05) is 6.51 Å². The van der Waals surface area contributed by atoms with Gasteiger partial charge in [-0.05, 0) is 66.3 Å². The van der Waals surface area contributed by atoms with E-state index >= 15 is 8.78 Å². The Balaban J connectivity index is 1.56.